The molecule has 0 aliphatic heterocycles. The highest BCUT2D eigenvalue weighted by Gasteiger charge is 2.17. The van der Waals surface area contributed by atoms with Crippen molar-refractivity contribution in [2.24, 2.45) is 5.16 Å². The number of halogens is 1. The van der Waals surface area contributed by atoms with Gasteiger partial charge in [0.1, 0.15) is 13.7 Å². The molecule has 6 nitrogen and oxygen atoms in total. The lowest BCUT2D eigenvalue weighted by Crippen LogP contribution is -2.17. The third-order valence-electron chi connectivity index (χ3n) is 2.77. The molecule has 0 spiro atoms. The summed E-state index contributed by atoms with van der Waals surface area (Å²) in [4.78, 5) is 19.8. The monoisotopic (exact) mass is 320 g/mol. The van der Waals surface area contributed by atoms with Crippen molar-refractivity contribution in [1.29, 1.82) is 0 Å². The lowest BCUT2D eigenvalue weighted by atomic mass is 10.0. The minimum Gasteiger partial charge on any atom is -0.486 e. The molecule has 7 heteroatoms. The Morgan fingerprint density at radius 2 is 2.09 bits per heavy atom. The summed E-state index contributed by atoms with van der Waals surface area (Å²) >= 11 is 5.92. The number of ether oxygens (including phenoxy) is 1. The van der Waals surface area contributed by atoms with Crippen LogP contribution in [0.15, 0.2) is 47.8 Å². The SMILES string of the molecule is CO/N=C(\C(=O)O)c1ccccc1COc1cccnc1Cl. The van der Waals surface area contributed by atoms with Crippen LogP contribution in [0.5, 0.6) is 5.75 Å². The zero-order valence-electron chi connectivity index (χ0n) is 11.7. The van der Waals surface area contributed by atoms with E-state index in [0.717, 1.165) is 0 Å². The van der Waals surface area contributed by atoms with Gasteiger partial charge in [0.2, 0.25) is 0 Å². The topological polar surface area (TPSA) is 81.0 Å². The van der Waals surface area contributed by atoms with Crippen LogP contribution in [0.2, 0.25) is 5.15 Å². The van der Waals surface area contributed by atoms with E-state index >= 15 is 0 Å². The van der Waals surface area contributed by atoms with Crippen molar-refractivity contribution in [3.05, 3.63) is 58.9 Å². The maximum Gasteiger partial charge on any atom is 0.358 e. The molecule has 0 amide bonds. The fraction of sp³-hybridized carbons (Fsp3) is 0.133. The molecule has 1 heterocycles. The van der Waals surface area contributed by atoms with E-state index in [1.807, 2.05) is 0 Å². The summed E-state index contributed by atoms with van der Waals surface area (Å²) in [6, 6.07) is 10.2. The van der Waals surface area contributed by atoms with Crippen LogP contribution in [-0.2, 0) is 16.2 Å². The molecule has 2 rings (SSSR count). The molecule has 0 bridgehead atoms. The Hall–Kier alpha value is -2.60. The quantitative estimate of drug-likeness (QED) is 0.503. The second-order valence-electron chi connectivity index (χ2n) is 4.17. The van der Waals surface area contributed by atoms with Crippen molar-refractivity contribution in [3.63, 3.8) is 0 Å². The van der Waals surface area contributed by atoms with Gasteiger partial charge in [0, 0.05) is 11.8 Å². The molecule has 0 unspecified atom stereocenters. The summed E-state index contributed by atoms with van der Waals surface area (Å²) in [5.74, 6) is -0.770. The Balaban J connectivity index is 2.27. The minimum absolute atomic E-state index is 0.123. The third kappa shape index (κ3) is 3.73. The molecule has 0 fully saturated rings. The van der Waals surface area contributed by atoms with Gasteiger partial charge in [-0.3, -0.25) is 0 Å². The Kier molecular flexibility index (Phi) is 5.32. The number of hydrogen-bond donors (Lipinski definition) is 1. The van der Waals surface area contributed by atoms with Crippen molar-refractivity contribution in [3.8, 4) is 5.75 Å². The van der Waals surface area contributed by atoms with Gasteiger partial charge in [0.05, 0.1) is 0 Å². The Bertz CT molecular complexity index is 703. The zero-order valence-corrected chi connectivity index (χ0v) is 12.4. The zero-order chi connectivity index (χ0) is 15.9. The maximum atomic E-state index is 11.3. The van der Waals surface area contributed by atoms with Crippen LogP contribution in [0.1, 0.15) is 11.1 Å². The molecular formula is C15H13ClN2O4. The number of aromatic nitrogens is 1. The van der Waals surface area contributed by atoms with Crippen LogP contribution in [-0.4, -0.2) is 28.9 Å². The van der Waals surface area contributed by atoms with Crippen molar-refractivity contribution in [1.82, 2.24) is 4.98 Å². The molecule has 0 atom stereocenters. The van der Waals surface area contributed by atoms with Crippen LogP contribution >= 0.6 is 11.6 Å². The van der Waals surface area contributed by atoms with Crippen LogP contribution in [0, 0.1) is 0 Å². The van der Waals surface area contributed by atoms with Crippen molar-refractivity contribution >= 4 is 23.3 Å². The predicted octanol–water partition coefficient (Wildman–Crippen LogP) is 2.75. The molecule has 0 saturated heterocycles. The van der Waals surface area contributed by atoms with Crippen LogP contribution in [0.4, 0.5) is 0 Å². The molecule has 0 saturated carbocycles. The second kappa shape index (κ2) is 7.42. The predicted molar refractivity (Wildman–Crippen MR) is 81.2 cm³/mol. The van der Waals surface area contributed by atoms with Gasteiger partial charge in [-0.15, -0.1) is 0 Å². The van der Waals surface area contributed by atoms with E-state index in [1.54, 1.807) is 42.6 Å². The number of oxime groups is 1. The molecule has 0 radical (unpaired) electrons. The number of pyridine rings is 1. The van der Waals surface area contributed by atoms with E-state index in [9.17, 15) is 9.90 Å². The first kappa shape index (κ1) is 15.8. The fourth-order valence-electron chi connectivity index (χ4n) is 1.81. The summed E-state index contributed by atoms with van der Waals surface area (Å²) in [6.45, 7) is 0.123. The standard InChI is InChI=1S/C15H13ClN2O4/c1-21-18-13(15(19)20)11-6-3-2-5-10(11)9-22-12-7-4-8-17-14(12)16/h2-8H,9H2,1H3,(H,19,20)/b18-13-. The van der Waals surface area contributed by atoms with E-state index in [0.29, 0.717) is 16.9 Å². The van der Waals surface area contributed by atoms with Gasteiger partial charge in [-0.25, -0.2) is 9.78 Å². The summed E-state index contributed by atoms with van der Waals surface area (Å²) in [5, 5.41) is 13.0. The number of rotatable bonds is 6. The fourth-order valence-corrected chi connectivity index (χ4v) is 1.98. The van der Waals surface area contributed by atoms with Gasteiger partial charge < -0.3 is 14.7 Å². The smallest absolute Gasteiger partial charge is 0.358 e. The third-order valence-corrected chi connectivity index (χ3v) is 3.05. The molecule has 0 aliphatic rings. The highest BCUT2D eigenvalue weighted by atomic mass is 35.5. The van der Waals surface area contributed by atoms with Gasteiger partial charge in [0.25, 0.3) is 0 Å². The van der Waals surface area contributed by atoms with Crippen molar-refractivity contribution in [2.75, 3.05) is 7.11 Å². The molecular weight excluding hydrogens is 308 g/mol. The highest BCUT2D eigenvalue weighted by Crippen LogP contribution is 2.22. The van der Waals surface area contributed by atoms with Crippen molar-refractivity contribution in [2.45, 2.75) is 6.61 Å². The number of carbonyl (C=O) groups is 1. The normalized spacial score (nSPS) is 11.1. The minimum atomic E-state index is -1.19. The van der Waals surface area contributed by atoms with E-state index in [-0.39, 0.29) is 17.5 Å². The first-order valence-corrected chi connectivity index (χ1v) is 6.67. The molecule has 1 aromatic heterocycles. The van der Waals surface area contributed by atoms with Crippen LogP contribution < -0.4 is 4.74 Å². The van der Waals surface area contributed by atoms with Gasteiger partial charge in [-0.2, -0.15) is 0 Å². The van der Waals surface area contributed by atoms with Crippen LogP contribution in [0.3, 0.4) is 0 Å². The Morgan fingerprint density at radius 1 is 1.32 bits per heavy atom. The number of carboxylic acid groups (broad SMARTS) is 1. The van der Waals surface area contributed by atoms with Gasteiger partial charge >= 0.3 is 5.97 Å². The molecule has 1 aromatic carbocycles. The van der Waals surface area contributed by atoms with E-state index in [4.69, 9.17) is 16.3 Å². The van der Waals surface area contributed by atoms with Gasteiger partial charge in [-0.05, 0) is 17.7 Å². The van der Waals surface area contributed by atoms with E-state index in [2.05, 4.69) is 15.0 Å². The number of nitrogens with zero attached hydrogens (tertiary/aromatic N) is 2. The first-order chi connectivity index (χ1) is 10.6. The highest BCUT2D eigenvalue weighted by molar-refractivity contribution is 6.42. The molecule has 114 valence electrons. The van der Waals surface area contributed by atoms with Gasteiger partial charge in [-0.1, -0.05) is 41.0 Å². The number of hydrogen-bond acceptors (Lipinski definition) is 5. The van der Waals surface area contributed by atoms with Gasteiger partial charge in [0.15, 0.2) is 16.6 Å². The average Bonchev–Trinajstić information content (AvgIpc) is 2.52. The second-order valence-corrected chi connectivity index (χ2v) is 4.52. The first-order valence-electron chi connectivity index (χ1n) is 6.29. The lowest BCUT2D eigenvalue weighted by Gasteiger charge is -2.11. The van der Waals surface area contributed by atoms with Crippen molar-refractivity contribution < 1.29 is 19.5 Å². The van der Waals surface area contributed by atoms with E-state index < -0.39 is 5.97 Å². The summed E-state index contributed by atoms with van der Waals surface area (Å²) in [5.41, 5.74) is 0.858. The summed E-state index contributed by atoms with van der Waals surface area (Å²) < 4.78 is 5.59. The summed E-state index contributed by atoms with van der Waals surface area (Å²) in [7, 11) is 1.29. The lowest BCUT2D eigenvalue weighted by molar-refractivity contribution is -0.129. The largest absolute Gasteiger partial charge is 0.486 e. The Morgan fingerprint density at radius 3 is 2.77 bits per heavy atom. The number of aliphatic carboxylic acids is 1. The average molecular weight is 321 g/mol. The molecule has 1 N–H and O–H groups in total. The van der Waals surface area contributed by atoms with Crippen LogP contribution in [0.25, 0.3) is 0 Å². The number of benzene rings is 1. The Labute approximate surface area is 132 Å². The molecule has 22 heavy (non-hydrogen) atoms. The number of carboxylic acids is 1. The summed E-state index contributed by atoms with van der Waals surface area (Å²) in [6.07, 6.45) is 1.55. The maximum absolute atomic E-state index is 11.3. The molecule has 2 aromatic rings. The molecule has 0 aliphatic carbocycles. The van der Waals surface area contributed by atoms with E-state index in [1.165, 1.54) is 7.11 Å².